The minimum absolute atomic E-state index is 0.0303. The van der Waals surface area contributed by atoms with Crippen LogP contribution in [0.15, 0.2) is 36.4 Å². The number of carbonyl (C=O) groups is 2. The molecule has 0 saturated heterocycles. The molecule has 0 aliphatic carbocycles. The standard InChI is InChI=1S/C15H8ClF2NO2/c16-10-5-9-13(6-12(10)18)19(15(21)14(9)20)7-8-3-1-2-4-11(8)17/h1-6H,7H2. The topological polar surface area (TPSA) is 37.4 Å². The van der Waals surface area contributed by atoms with Gasteiger partial charge in [0.15, 0.2) is 0 Å². The Labute approximate surface area is 123 Å². The number of anilines is 1. The highest BCUT2D eigenvalue weighted by Gasteiger charge is 2.37. The summed E-state index contributed by atoms with van der Waals surface area (Å²) in [7, 11) is 0. The third kappa shape index (κ3) is 2.19. The zero-order valence-electron chi connectivity index (χ0n) is 10.6. The molecule has 1 heterocycles. The van der Waals surface area contributed by atoms with Crippen LogP contribution in [0.25, 0.3) is 0 Å². The summed E-state index contributed by atoms with van der Waals surface area (Å²) in [6, 6.07) is 8.01. The normalized spacial score (nSPS) is 13.8. The number of amides is 1. The summed E-state index contributed by atoms with van der Waals surface area (Å²) < 4.78 is 27.2. The molecule has 1 amide bonds. The van der Waals surface area contributed by atoms with E-state index in [1.54, 1.807) is 6.07 Å². The van der Waals surface area contributed by atoms with Gasteiger partial charge >= 0.3 is 0 Å². The molecule has 0 atom stereocenters. The monoisotopic (exact) mass is 307 g/mol. The van der Waals surface area contributed by atoms with Crippen molar-refractivity contribution in [1.29, 1.82) is 0 Å². The predicted molar refractivity (Wildman–Crippen MR) is 73.3 cm³/mol. The summed E-state index contributed by atoms with van der Waals surface area (Å²) in [5.41, 5.74) is 0.375. The summed E-state index contributed by atoms with van der Waals surface area (Å²) in [4.78, 5) is 24.9. The number of ketones is 1. The summed E-state index contributed by atoms with van der Waals surface area (Å²) in [5, 5.41) is -0.234. The Kier molecular flexibility index (Phi) is 3.22. The van der Waals surface area contributed by atoms with Crippen LogP contribution in [0.1, 0.15) is 15.9 Å². The number of nitrogens with zero attached hydrogens (tertiary/aromatic N) is 1. The molecule has 2 aromatic carbocycles. The second kappa shape index (κ2) is 4.93. The van der Waals surface area contributed by atoms with Crippen LogP contribution in [0.4, 0.5) is 14.5 Å². The first-order valence-electron chi connectivity index (χ1n) is 6.07. The van der Waals surface area contributed by atoms with Crippen LogP contribution in [-0.2, 0) is 11.3 Å². The van der Waals surface area contributed by atoms with Crippen LogP contribution in [0, 0.1) is 11.6 Å². The average Bonchev–Trinajstić information content (AvgIpc) is 2.67. The van der Waals surface area contributed by atoms with E-state index < -0.39 is 23.3 Å². The van der Waals surface area contributed by atoms with Crippen molar-refractivity contribution in [2.24, 2.45) is 0 Å². The number of benzene rings is 2. The van der Waals surface area contributed by atoms with E-state index in [1.807, 2.05) is 0 Å². The van der Waals surface area contributed by atoms with Gasteiger partial charge in [0.2, 0.25) is 0 Å². The molecule has 0 unspecified atom stereocenters. The van der Waals surface area contributed by atoms with Crippen molar-refractivity contribution in [2.75, 3.05) is 4.90 Å². The van der Waals surface area contributed by atoms with Crippen molar-refractivity contribution < 1.29 is 18.4 Å². The maximum atomic E-state index is 13.7. The number of Topliss-reactive ketones (excluding diaryl/α,β-unsaturated/α-hetero) is 1. The molecule has 3 nitrogen and oxygen atoms in total. The lowest BCUT2D eigenvalue weighted by molar-refractivity contribution is -0.114. The molecule has 106 valence electrons. The maximum Gasteiger partial charge on any atom is 0.299 e. The highest BCUT2D eigenvalue weighted by Crippen LogP contribution is 2.34. The fraction of sp³-hybridized carbons (Fsp3) is 0.0667. The van der Waals surface area contributed by atoms with Crippen molar-refractivity contribution in [1.82, 2.24) is 0 Å². The third-order valence-corrected chi connectivity index (χ3v) is 3.59. The van der Waals surface area contributed by atoms with E-state index in [1.165, 1.54) is 18.2 Å². The lowest BCUT2D eigenvalue weighted by Gasteiger charge is -2.17. The number of carbonyl (C=O) groups excluding carboxylic acids is 2. The van der Waals surface area contributed by atoms with Gasteiger partial charge < -0.3 is 4.90 Å². The molecule has 1 aliphatic rings. The minimum atomic E-state index is -0.824. The first-order valence-corrected chi connectivity index (χ1v) is 6.45. The molecule has 0 saturated carbocycles. The Bertz CT molecular complexity index is 776. The van der Waals surface area contributed by atoms with Crippen LogP contribution in [0.3, 0.4) is 0 Å². The Balaban J connectivity index is 2.06. The van der Waals surface area contributed by atoms with Gasteiger partial charge in [-0.1, -0.05) is 29.8 Å². The predicted octanol–water partition coefficient (Wildman–Crippen LogP) is 3.35. The van der Waals surface area contributed by atoms with Crippen LogP contribution in [0.2, 0.25) is 5.02 Å². The maximum absolute atomic E-state index is 13.7. The quantitative estimate of drug-likeness (QED) is 0.798. The summed E-state index contributed by atoms with van der Waals surface area (Å²) in [6.07, 6.45) is 0. The zero-order valence-corrected chi connectivity index (χ0v) is 11.3. The number of fused-ring (bicyclic) bond motifs is 1. The van der Waals surface area contributed by atoms with E-state index in [0.29, 0.717) is 0 Å². The summed E-state index contributed by atoms with van der Waals surface area (Å²) in [6.45, 7) is -0.148. The van der Waals surface area contributed by atoms with Gasteiger partial charge in [-0.05, 0) is 18.2 Å². The molecule has 6 heteroatoms. The van der Waals surface area contributed by atoms with Gasteiger partial charge in [0.25, 0.3) is 11.7 Å². The van der Waals surface area contributed by atoms with Gasteiger partial charge in [-0.15, -0.1) is 0 Å². The van der Waals surface area contributed by atoms with E-state index in [2.05, 4.69) is 0 Å². The van der Waals surface area contributed by atoms with E-state index >= 15 is 0 Å². The molecule has 0 aromatic heterocycles. The molecule has 21 heavy (non-hydrogen) atoms. The molecular formula is C15H8ClF2NO2. The first kappa shape index (κ1) is 13.7. The molecule has 0 N–H and O–H groups in total. The fourth-order valence-electron chi connectivity index (χ4n) is 2.24. The number of hydrogen-bond acceptors (Lipinski definition) is 2. The first-order chi connectivity index (χ1) is 9.99. The SMILES string of the molecule is O=C1C(=O)N(Cc2ccccc2F)c2cc(F)c(Cl)cc21. The molecule has 0 fully saturated rings. The lowest BCUT2D eigenvalue weighted by atomic mass is 10.1. The Hall–Kier alpha value is -2.27. The van der Waals surface area contributed by atoms with Crippen molar-refractivity contribution in [3.8, 4) is 0 Å². The second-order valence-electron chi connectivity index (χ2n) is 4.60. The van der Waals surface area contributed by atoms with Crippen molar-refractivity contribution in [3.63, 3.8) is 0 Å². The molecule has 0 bridgehead atoms. The average molecular weight is 308 g/mol. The second-order valence-corrected chi connectivity index (χ2v) is 5.00. The molecule has 3 rings (SSSR count). The van der Waals surface area contributed by atoms with Crippen LogP contribution in [-0.4, -0.2) is 11.7 Å². The van der Waals surface area contributed by atoms with Gasteiger partial charge in [-0.2, -0.15) is 0 Å². The third-order valence-electron chi connectivity index (χ3n) is 3.30. The van der Waals surface area contributed by atoms with Gasteiger partial charge in [-0.3, -0.25) is 9.59 Å². The van der Waals surface area contributed by atoms with Crippen molar-refractivity contribution in [2.45, 2.75) is 6.54 Å². The summed E-state index contributed by atoms with van der Waals surface area (Å²) in [5.74, 6) is -2.84. The number of hydrogen-bond donors (Lipinski definition) is 0. The molecule has 2 aromatic rings. The van der Waals surface area contributed by atoms with E-state index in [4.69, 9.17) is 11.6 Å². The van der Waals surface area contributed by atoms with Crippen LogP contribution in [0.5, 0.6) is 0 Å². The van der Waals surface area contributed by atoms with E-state index in [0.717, 1.165) is 17.0 Å². The van der Waals surface area contributed by atoms with Crippen LogP contribution >= 0.6 is 11.6 Å². The van der Waals surface area contributed by atoms with Gasteiger partial charge in [0.1, 0.15) is 11.6 Å². The highest BCUT2D eigenvalue weighted by molar-refractivity contribution is 6.52. The van der Waals surface area contributed by atoms with E-state index in [9.17, 15) is 18.4 Å². The van der Waals surface area contributed by atoms with Gasteiger partial charge in [-0.25, -0.2) is 8.78 Å². The smallest absolute Gasteiger partial charge is 0.299 e. The van der Waals surface area contributed by atoms with Gasteiger partial charge in [0, 0.05) is 5.56 Å². The Morgan fingerprint density at radius 1 is 1.05 bits per heavy atom. The molecule has 0 radical (unpaired) electrons. The zero-order chi connectivity index (χ0) is 15.1. The van der Waals surface area contributed by atoms with Crippen LogP contribution < -0.4 is 4.90 Å². The molecule has 1 aliphatic heterocycles. The molecular weight excluding hydrogens is 300 g/mol. The van der Waals surface area contributed by atoms with Gasteiger partial charge in [0.05, 0.1) is 22.8 Å². The lowest BCUT2D eigenvalue weighted by Crippen LogP contribution is -2.29. The minimum Gasteiger partial charge on any atom is -0.300 e. The van der Waals surface area contributed by atoms with Crippen molar-refractivity contribution >= 4 is 29.0 Å². The van der Waals surface area contributed by atoms with E-state index in [-0.39, 0.29) is 28.4 Å². The fourth-order valence-corrected chi connectivity index (χ4v) is 2.41. The Morgan fingerprint density at radius 3 is 2.48 bits per heavy atom. The number of rotatable bonds is 2. The largest absolute Gasteiger partial charge is 0.300 e. The highest BCUT2D eigenvalue weighted by atomic mass is 35.5. The Morgan fingerprint density at radius 2 is 1.76 bits per heavy atom. The number of halogens is 3. The molecule has 0 spiro atoms. The van der Waals surface area contributed by atoms with Crippen molar-refractivity contribution in [3.05, 3.63) is 64.2 Å². The summed E-state index contributed by atoms with van der Waals surface area (Å²) >= 11 is 5.62.